The molecule has 3 fully saturated rings. The van der Waals surface area contributed by atoms with Gasteiger partial charge in [-0.15, -0.1) is 11.6 Å². The molecule has 0 aromatic rings. The van der Waals surface area contributed by atoms with E-state index in [0.717, 1.165) is 38.5 Å². The third kappa shape index (κ3) is 2.21. The number of carbonyl (C=O) groups excluding carboxylic acids is 2. The molecule has 0 aromatic carbocycles. The van der Waals surface area contributed by atoms with Crippen LogP contribution in [0.5, 0.6) is 0 Å². The van der Waals surface area contributed by atoms with Crippen LogP contribution in [0.2, 0.25) is 0 Å². The Morgan fingerprint density at radius 2 is 1.88 bits per heavy atom. The fourth-order valence-electron chi connectivity index (χ4n) is 7.14. The molecule has 4 aliphatic rings. The van der Waals surface area contributed by atoms with Crippen LogP contribution in [-0.2, 0) is 9.59 Å². The summed E-state index contributed by atoms with van der Waals surface area (Å²) in [7, 11) is 0. The maximum Gasteiger partial charge on any atom is 0.179 e. The molecule has 4 aliphatic carbocycles. The van der Waals surface area contributed by atoms with Gasteiger partial charge in [0.05, 0.1) is 5.88 Å². The molecule has 0 bridgehead atoms. The normalized spacial score (nSPS) is 49.0. The maximum absolute atomic E-state index is 12.5. The largest absolute Gasteiger partial charge is 0.381 e. The fourth-order valence-corrected chi connectivity index (χ4v) is 7.36. The molecule has 4 heteroatoms. The molecule has 0 heterocycles. The molecule has 0 aromatic heterocycles. The Labute approximate surface area is 155 Å². The Bertz CT molecular complexity index is 656. The van der Waals surface area contributed by atoms with E-state index in [4.69, 9.17) is 11.6 Å². The van der Waals surface area contributed by atoms with Gasteiger partial charge in [0, 0.05) is 11.8 Å². The second kappa shape index (κ2) is 5.66. The number of aliphatic hydroxyl groups is 1. The number of hydrogen-bond donors (Lipinski definition) is 1. The van der Waals surface area contributed by atoms with Crippen LogP contribution >= 0.6 is 11.6 Å². The van der Waals surface area contributed by atoms with Crippen molar-refractivity contribution in [2.45, 2.75) is 70.8 Å². The van der Waals surface area contributed by atoms with Crippen LogP contribution < -0.4 is 0 Å². The Hall–Kier alpha value is -0.670. The zero-order valence-corrected chi connectivity index (χ0v) is 16.1. The SMILES string of the molecule is C[C@]12CCC(=O)C=C1CC[C@H]1[C@H]3CC[C@](O)(C(=O)CCl)[C@]3(C)CC[C@@H]12. The van der Waals surface area contributed by atoms with Crippen molar-refractivity contribution in [1.82, 2.24) is 0 Å². The number of ketones is 2. The molecule has 138 valence electrons. The van der Waals surface area contributed by atoms with Gasteiger partial charge >= 0.3 is 0 Å². The lowest BCUT2D eigenvalue weighted by Crippen LogP contribution is -2.57. The first-order valence-corrected chi connectivity index (χ1v) is 10.4. The molecule has 25 heavy (non-hydrogen) atoms. The van der Waals surface area contributed by atoms with Gasteiger partial charge in [0.2, 0.25) is 0 Å². The molecular weight excluding hydrogens is 336 g/mol. The highest BCUT2D eigenvalue weighted by atomic mass is 35.5. The minimum Gasteiger partial charge on any atom is -0.381 e. The van der Waals surface area contributed by atoms with Crippen molar-refractivity contribution in [1.29, 1.82) is 0 Å². The Balaban J connectivity index is 1.68. The van der Waals surface area contributed by atoms with E-state index in [2.05, 4.69) is 13.8 Å². The summed E-state index contributed by atoms with van der Waals surface area (Å²) in [6, 6.07) is 0. The van der Waals surface area contributed by atoms with Gasteiger partial charge in [-0.2, -0.15) is 0 Å². The molecule has 0 radical (unpaired) electrons. The number of alkyl halides is 1. The molecule has 4 rings (SSSR count). The molecule has 6 atom stereocenters. The van der Waals surface area contributed by atoms with Crippen molar-refractivity contribution in [3.8, 4) is 0 Å². The van der Waals surface area contributed by atoms with Crippen LogP contribution in [0.4, 0.5) is 0 Å². The average molecular weight is 365 g/mol. The van der Waals surface area contributed by atoms with Gasteiger partial charge in [-0.05, 0) is 74.2 Å². The van der Waals surface area contributed by atoms with E-state index in [9.17, 15) is 14.7 Å². The summed E-state index contributed by atoms with van der Waals surface area (Å²) in [4.78, 5) is 24.3. The lowest BCUT2D eigenvalue weighted by Gasteiger charge is -2.58. The first kappa shape index (κ1) is 17.7. The maximum atomic E-state index is 12.5. The summed E-state index contributed by atoms with van der Waals surface area (Å²) >= 11 is 5.83. The third-order valence-electron chi connectivity index (χ3n) is 8.70. The Morgan fingerprint density at radius 1 is 1.16 bits per heavy atom. The smallest absolute Gasteiger partial charge is 0.179 e. The zero-order valence-electron chi connectivity index (χ0n) is 15.3. The van der Waals surface area contributed by atoms with Crippen molar-refractivity contribution in [3.05, 3.63) is 11.6 Å². The fraction of sp³-hybridized carbons (Fsp3) is 0.810. The first-order valence-electron chi connectivity index (χ1n) is 9.82. The van der Waals surface area contributed by atoms with Crippen LogP contribution in [0.1, 0.15) is 65.2 Å². The predicted octanol–water partition coefficient (Wildman–Crippen LogP) is 4.06. The van der Waals surface area contributed by atoms with Crippen molar-refractivity contribution < 1.29 is 14.7 Å². The van der Waals surface area contributed by atoms with E-state index < -0.39 is 5.60 Å². The molecule has 0 unspecified atom stereocenters. The van der Waals surface area contributed by atoms with Gasteiger partial charge in [0.25, 0.3) is 0 Å². The van der Waals surface area contributed by atoms with E-state index in [1.807, 2.05) is 6.08 Å². The Morgan fingerprint density at radius 3 is 2.60 bits per heavy atom. The van der Waals surface area contributed by atoms with Crippen molar-refractivity contribution in [3.63, 3.8) is 0 Å². The second-order valence-corrected chi connectivity index (χ2v) is 9.65. The highest BCUT2D eigenvalue weighted by Crippen LogP contribution is 2.67. The summed E-state index contributed by atoms with van der Waals surface area (Å²) in [5, 5.41) is 11.2. The molecule has 3 saturated carbocycles. The lowest BCUT2D eigenvalue weighted by molar-refractivity contribution is -0.159. The summed E-state index contributed by atoms with van der Waals surface area (Å²) in [5.41, 5.74) is -0.0969. The molecular formula is C21H29ClO3. The minimum atomic E-state index is -1.25. The predicted molar refractivity (Wildman–Crippen MR) is 97.4 cm³/mol. The van der Waals surface area contributed by atoms with E-state index in [0.29, 0.717) is 30.6 Å². The number of carbonyl (C=O) groups is 2. The minimum absolute atomic E-state index is 0.0976. The highest BCUT2D eigenvalue weighted by Gasteiger charge is 2.65. The molecule has 1 N–H and O–H groups in total. The number of halogens is 1. The van der Waals surface area contributed by atoms with E-state index in [1.165, 1.54) is 5.57 Å². The molecule has 0 saturated heterocycles. The quantitative estimate of drug-likeness (QED) is 0.752. The van der Waals surface area contributed by atoms with Crippen molar-refractivity contribution >= 4 is 23.2 Å². The zero-order chi connectivity index (χ0) is 18.0. The van der Waals surface area contributed by atoms with E-state index in [-0.39, 0.29) is 28.3 Å². The van der Waals surface area contributed by atoms with Crippen molar-refractivity contribution in [2.75, 3.05) is 5.88 Å². The van der Waals surface area contributed by atoms with Crippen LogP contribution in [-0.4, -0.2) is 28.2 Å². The summed E-state index contributed by atoms with van der Waals surface area (Å²) in [6.07, 6.45) is 9.04. The van der Waals surface area contributed by atoms with Gasteiger partial charge < -0.3 is 5.11 Å². The third-order valence-corrected chi connectivity index (χ3v) is 8.94. The van der Waals surface area contributed by atoms with E-state index in [1.54, 1.807) is 0 Å². The van der Waals surface area contributed by atoms with Gasteiger partial charge in [-0.25, -0.2) is 0 Å². The second-order valence-electron chi connectivity index (χ2n) is 9.38. The van der Waals surface area contributed by atoms with Gasteiger partial charge in [-0.3, -0.25) is 9.59 Å². The number of allylic oxidation sites excluding steroid dienone is 1. The van der Waals surface area contributed by atoms with Gasteiger partial charge in [-0.1, -0.05) is 19.4 Å². The molecule has 0 amide bonds. The number of fused-ring (bicyclic) bond motifs is 5. The van der Waals surface area contributed by atoms with Gasteiger partial charge in [0.15, 0.2) is 11.6 Å². The van der Waals surface area contributed by atoms with Crippen LogP contribution in [0.15, 0.2) is 11.6 Å². The number of Topliss-reactive ketones (excluding diaryl/α,β-unsaturated/α-hetero) is 1. The highest BCUT2D eigenvalue weighted by molar-refractivity contribution is 6.29. The molecule has 0 spiro atoms. The summed E-state index contributed by atoms with van der Waals surface area (Å²) in [6.45, 7) is 4.49. The Kier molecular flexibility index (Phi) is 4.01. The van der Waals surface area contributed by atoms with Crippen LogP contribution in [0, 0.1) is 28.6 Å². The summed E-state index contributed by atoms with van der Waals surface area (Å²) in [5.74, 6) is 1.51. The number of hydrogen-bond acceptors (Lipinski definition) is 3. The van der Waals surface area contributed by atoms with Gasteiger partial charge in [0.1, 0.15) is 5.60 Å². The van der Waals surface area contributed by atoms with Crippen molar-refractivity contribution in [2.24, 2.45) is 28.6 Å². The molecule has 3 nitrogen and oxygen atoms in total. The average Bonchev–Trinajstić information content (AvgIpc) is 2.87. The standard InChI is InChI=1S/C21H29ClO3/c1-19-8-5-14(23)11-13(19)3-4-15-16(19)6-9-20(2)17(15)7-10-21(20,25)18(24)12-22/h11,15-17,25H,3-10,12H2,1-2H3/t15-,16+,17-,19+,20-,21+/m1/s1. The van der Waals surface area contributed by atoms with Crippen LogP contribution in [0.3, 0.4) is 0 Å². The monoisotopic (exact) mass is 364 g/mol. The summed E-state index contributed by atoms with van der Waals surface area (Å²) < 4.78 is 0. The van der Waals surface area contributed by atoms with E-state index >= 15 is 0 Å². The lowest BCUT2D eigenvalue weighted by atomic mass is 9.46. The molecule has 0 aliphatic heterocycles. The number of rotatable bonds is 2. The van der Waals surface area contributed by atoms with Crippen LogP contribution in [0.25, 0.3) is 0 Å². The first-order chi connectivity index (χ1) is 11.8. The topological polar surface area (TPSA) is 54.4 Å².